The molecule has 0 aliphatic heterocycles. The highest BCUT2D eigenvalue weighted by Crippen LogP contribution is 2.27. The van der Waals surface area contributed by atoms with E-state index in [4.69, 9.17) is 21.5 Å². The average Bonchev–Trinajstić information content (AvgIpc) is 2.88. The molecule has 1 heterocycles. The summed E-state index contributed by atoms with van der Waals surface area (Å²) in [7, 11) is -3.49. The van der Waals surface area contributed by atoms with Crippen molar-refractivity contribution in [2.75, 3.05) is 0 Å². The van der Waals surface area contributed by atoms with E-state index in [0.717, 1.165) is 11.3 Å². The van der Waals surface area contributed by atoms with Crippen molar-refractivity contribution in [1.29, 1.82) is 0 Å². The molecule has 0 saturated heterocycles. The number of halogens is 1. The van der Waals surface area contributed by atoms with Crippen molar-refractivity contribution in [3.8, 4) is 0 Å². The summed E-state index contributed by atoms with van der Waals surface area (Å²) in [5.74, 6) is -1.04. The van der Waals surface area contributed by atoms with Crippen molar-refractivity contribution >= 4 is 44.9 Å². The average molecular weight is 410 g/mol. The molecule has 3 atom stereocenters. The molecule has 0 fully saturated rings. The van der Waals surface area contributed by atoms with Crippen LogP contribution in [0.2, 0.25) is 4.34 Å². The van der Waals surface area contributed by atoms with Gasteiger partial charge in [0.15, 0.2) is 0 Å². The molecule has 2 amide bonds. The van der Waals surface area contributed by atoms with E-state index < -0.39 is 33.6 Å². The first-order valence-electron chi connectivity index (χ1n) is 7.68. The van der Waals surface area contributed by atoms with Gasteiger partial charge in [-0.25, -0.2) is 14.1 Å². The molecule has 7 nitrogen and oxygen atoms in total. The SMILES string of the molecule is CC[C@H](C)[C@H](NC(=O)OC(C)(C)C)C(=O)N=S(N)(=O)c1ccsc1Cl. The predicted octanol–water partition coefficient (Wildman–Crippen LogP) is 3.57. The lowest BCUT2D eigenvalue weighted by molar-refractivity contribution is -0.120. The van der Waals surface area contributed by atoms with Crippen LogP contribution in [0.1, 0.15) is 41.0 Å². The molecule has 0 aliphatic carbocycles. The Hall–Kier alpha value is -1.16. The third kappa shape index (κ3) is 6.58. The van der Waals surface area contributed by atoms with Crippen molar-refractivity contribution < 1.29 is 18.5 Å². The van der Waals surface area contributed by atoms with Gasteiger partial charge in [0.05, 0.1) is 4.90 Å². The number of rotatable bonds is 5. The van der Waals surface area contributed by atoms with Gasteiger partial charge in [-0.3, -0.25) is 4.79 Å². The molecule has 3 N–H and O–H groups in total. The van der Waals surface area contributed by atoms with Gasteiger partial charge in [0, 0.05) is 0 Å². The first-order chi connectivity index (χ1) is 11.4. The molecular formula is C15H24ClN3O4S2. The lowest BCUT2D eigenvalue weighted by Crippen LogP contribution is -2.46. The Kier molecular flexibility index (Phi) is 7.42. The van der Waals surface area contributed by atoms with E-state index >= 15 is 0 Å². The summed E-state index contributed by atoms with van der Waals surface area (Å²) in [6, 6.07) is 0.465. The molecule has 1 aromatic heterocycles. The standard InChI is InChI=1S/C15H24ClN3O4S2/c1-6-9(2)11(18-14(21)23-15(3,4)5)13(20)19-25(17,22)10-7-8-24-12(10)16/h7-9,11H,6H2,1-5H3,(H,18,21)(H2,17,19,20,22)/t9-,11-,25?/m0/s1. The monoisotopic (exact) mass is 409 g/mol. The Balaban J connectivity index is 3.09. The van der Waals surface area contributed by atoms with Crippen molar-refractivity contribution in [3.63, 3.8) is 0 Å². The molecule has 1 unspecified atom stereocenters. The van der Waals surface area contributed by atoms with Crippen LogP contribution < -0.4 is 10.5 Å². The number of ether oxygens (including phenoxy) is 1. The van der Waals surface area contributed by atoms with Crippen LogP contribution in [0.4, 0.5) is 4.79 Å². The van der Waals surface area contributed by atoms with E-state index in [9.17, 15) is 13.8 Å². The number of alkyl carbamates (subject to hydrolysis) is 1. The summed E-state index contributed by atoms with van der Waals surface area (Å²) in [5.41, 5.74) is -0.712. The number of thiophene rings is 1. The number of carbonyl (C=O) groups excluding carboxylic acids is 2. The molecule has 1 rings (SSSR count). The van der Waals surface area contributed by atoms with Crippen LogP contribution in [0.5, 0.6) is 0 Å². The first kappa shape index (κ1) is 21.9. The van der Waals surface area contributed by atoms with Crippen molar-refractivity contribution in [2.45, 2.75) is 57.6 Å². The minimum absolute atomic E-state index is 0.104. The molecule has 0 aromatic carbocycles. The van der Waals surface area contributed by atoms with E-state index in [1.165, 1.54) is 6.07 Å². The van der Waals surface area contributed by atoms with Crippen molar-refractivity contribution in [1.82, 2.24) is 5.32 Å². The molecule has 1 aromatic rings. The van der Waals surface area contributed by atoms with Crippen LogP contribution in [-0.2, 0) is 19.4 Å². The van der Waals surface area contributed by atoms with E-state index in [1.54, 1.807) is 33.1 Å². The summed E-state index contributed by atoms with van der Waals surface area (Å²) >= 11 is 7.07. The van der Waals surface area contributed by atoms with Gasteiger partial charge in [-0.15, -0.1) is 15.7 Å². The maximum atomic E-state index is 12.6. The van der Waals surface area contributed by atoms with E-state index in [1.807, 2.05) is 6.92 Å². The lowest BCUT2D eigenvalue weighted by Gasteiger charge is -2.25. The summed E-state index contributed by atoms with van der Waals surface area (Å²) < 4.78 is 21.6. The molecule has 0 aliphatic rings. The molecule has 0 spiro atoms. The van der Waals surface area contributed by atoms with Gasteiger partial charge < -0.3 is 10.1 Å². The number of hydrogen-bond donors (Lipinski definition) is 2. The Bertz CT molecular complexity index is 748. The van der Waals surface area contributed by atoms with E-state index in [-0.39, 0.29) is 15.1 Å². The normalized spacial score (nSPS) is 16.4. The molecule has 142 valence electrons. The quantitative estimate of drug-likeness (QED) is 0.774. The fraction of sp³-hybridized carbons (Fsp3) is 0.600. The Morgan fingerprint density at radius 2 is 2.08 bits per heavy atom. The topological polar surface area (TPSA) is 111 Å². The molecule has 25 heavy (non-hydrogen) atoms. The Labute approximate surface area is 157 Å². The van der Waals surface area contributed by atoms with Crippen LogP contribution in [-0.4, -0.2) is 27.9 Å². The maximum Gasteiger partial charge on any atom is 0.408 e. The molecule has 0 bridgehead atoms. The summed E-state index contributed by atoms with van der Waals surface area (Å²) in [4.78, 5) is 24.6. The van der Waals surface area contributed by atoms with Gasteiger partial charge in [-0.2, -0.15) is 0 Å². The zero-order chi connectivity index (χ0) is 19.4. The zero-order valence-corrected chi connectivity index (χ0v) is 17.3. The third-order valence-electron chi connectivity index (χ3n) is 3.28. The first-order valence-corrected chi connectivity index (χ1v) is 10.5. The number of nitrogens with two attached hydrogens (primary N) is 1. The van der Waals surface area contributed by atoms with Gasteiger partial charge in [-0.1, -0.05) is 31.9 Å². The fourth-order valence-electron chi connectivity index (χ4n) is 1.85. The van der Waals surface area contributed by atoms with Gasteiger partial charge in [0.25, 0.3) is 5.91 Å². The second-order valence-electron chi connectivity index (χ2n) is 6.57. The fourth-order valence-corrected chi connectivity index (χ4v) is 4.47. The molecule has 0 radical (unpaired) electrons. The van der Waals surface area contributed by atoms with Crippen molar-refractivity contribution in [2.24, 2.45) is 15.4 Å². The number of nitrogens with zero attached hydrogens (tertiary/aromatic N) is 1. The van der Waals surface area contributed by atoms with Gasteiger partial charge in [-0.05, 0) is 38.1 Å². The van der Waals surface area contributed by atoms with Crippen LogP contribution in [0.15, 0.2) is 20.7 Å². The van der Waals surface area contributed by atoms with Gasteiger partial charge >= 0.3 is 6.09 Å². The Morgan fingerprint density at radius 3 is 2.52 bits per heavy atom. The van der Waals surface area contributed by atoms with Crippen molar-refractivity contribution in [3.05, 3.63) is 15.8 Å². The third-order valence-corrected chi connectivity index (χ3v) is 6.11. The number of nitrogens with one attached hydrogen (secondary N) is 1. The van der Waals surface area contributed by atoms with E-state index in [0.29, 0.717) is 6.42 Å². The Morgan fingerprint density at radius 1 is 1.48 bits per heavy atom. The van der Waals surface area contributed by atoms with E-state index in [2.05, 4.69) is 9.68 Å². The number of hydrogen-bond acceptors (Lipinski definition) is 5. The smallest absolute Gasteiger partial charge is 0.408 e. The second kappa shape index (κ2) is 8.48. The highest BCUT2D eigenvalue weighted by molar-refractivity contribution is 7.92. The van der Waals surface area contributed by atoms with Crippen LogP contribution in [0.25, 0.3) is 0 Å². The highest BCUT2D eigenvalue weighted by atomic mass is 35.5. The second-order valence-corrected chi connectivity index (χ2v) is 9.84. The van der Waals surface area contributed by atoms with Gasteiger partial charge in [0.2, 0.25) is 0 Å². The van der Waals surface area contributed by atoms with Crippen LogP contribution in [0, 0.1) is 5.92 Å². The van der Waals surface area contributed by atoms with Gasteiger partial charge in [0.1, 0.15) is 25.9 Å². The molecule has 0 saturated carbocycles. The maximum absolute atomic E-state index is 12.6. The minimum Gasteiger partial charge on any atom is -0.444 e. The van der Waals surface area contributed by atoms with Crippen LogP contribution in [0.3, 0.4) is 0 Å². The van der Waals surface area contributed by atoms with Crippen LogP contribution >= 0.6 is 22.9 Å². The number of carbonyl (C=O) groups is 2. The highest BCUT2D eigenvalue weighted by Gasteiger charge is 2.29. The number of amides is 2. The lowest BCUT2D eigenvalue weighted by atomic mass is 9.99. The summed E-state index contributed by atoms with van der Waals surface area (Å²) in [6.45, 7) is 8.76. The minimum atomic E-state index is -3.49. The molecular weight excluding hydrogens is 386 g/mol. The summed E-state index contributed by atoms with van der Waals surface area (Å²) in [6.07, 6.45) is -0.161. The summed E-state index contributed by atoms with van der Waals surface area (Å²) in [5, 5.41) is 9.81. The largest absolute Gasteiger partial charge is 0.444 e. The predicted molar refractivity (Wildman–Crippen MR) is 100.0 cm³/mol. The zero-order valence-electron chi connectivity index (χ0n) is 14.9. The molecule has 10 heteroatoms.